The lowest BCUT2D eigenvalue weighted by Crippen LogP contribution is -2.54. The van der Waals surface area contributed by atoms with E-state index >= 15 is 0 Å². The summed E-state index contributed by atoms with van der Waals surface area (Å²) in [6.07, 6.45) is 3.31. The van der Waals surface area contributed by atoms with E-state index in [2.05, 4.69) is 17.3 Å². The second-order valence-electron chi connectivity index (χ2n) is 6.91. The number of nitrogens with zero attached hydrogens (tertiary/aromatic N) is 1. The molecule has 1 aromatic carbocycles. The van der Waals surface area contributed by atoms with Crippen molar-refractivity contribution in [2.45, 2.75) is 52.0 Å². The van der Waals surface area contributed by atoms with Gasteiger partial charge >= 0.3 is 6.03 Å². The topological polar surface area (TPSA) is 61.4 Å². The summed E-state index contributed by atoms with van der Waals surface area (Å²) in [5.41, 5.74) is 5.14. The lowest BCUT2D eigenvalue weighted by atomic mass is 9.92. The number of nitrogens with one attached hydrogen (secondary N) is 2. The monoisotopic (exact) mass is 329 g/mol. The summed E-state index contributed by atoms with van der Waals surface area (Å²) >= 11 is 0. The van der Waals surface area contributed by atoms with Crippen LogP contribution in [-0.4, -0.2) is 23.5 Å². The fraction of sp³-hybridized carbons (Fsp3) is 0.474. The Morgan fingerprint density at radius 3 is 2.71 bits per heavy atom. The summed E-state index contributed by atoms with van der Waals surface area (Å²) in [6.45, 7) is 10.4. The summed E-state index contributed by atoms with van der Waals surface area (Å²) in [4.78, 5) is 24.3. The van der Waals surface area contributed by atoms with Crippen LogP contribution in [0, 0.1) is 0 Å². The molecule has 130 valence electrons. The van der Waals surface area contributed by atoms with Gasteiger partial charge in [-0.25, -0.2) is 10.2 Å². The second kappa shape index (κ2) is 7.51. The predicted octanol–water partition coefficient (Wildman–Crippen LogP) is 3.57. The van der Waals surface area contributed by atoms with Crippen LogP contribution in [-0.2, 0) is 10.3 Å². The fourth-order valence-corrected chi connectivity index (χ4v) is 2.78. The smallest absolute Gasteiger partial charge is 0.328 e. The molecule has 0 radical (unpaired) electrons. The molecule has 1 fully saturated rings. The molecule has 0 aliphatic carbocycles. The molecule has 1 aromatic rings. The third-order valence-corrected chi connectivity index (χ3v) is 4.31. The maximum Gasteiger partial charge on any atom is 0.334 e. The SMILES string of the molecule is C=C(C)c1cccc(C(C)(C)NC(=O)NN2CCCCCC2=O)c1. The molecule has 0 saturated carbocycles. The van der Waals surface area contributed by atoms with Crippen molar-refractivity contribution in [3.05, 3.63) is 42.0 Å². The van der Waals surface area contributed by atoms with Crippen LogP contribution in [0.5, 0.6) is 0 Å². The van der Waals surface area contributed by atoms with Gasteiger partial charge in [-0.05, 0) is 50.8 Å². The largest absolute Gasteiger partial charge is 0.334 e. The number of benzene rings is 1. The van der Waals surface area contributed by atoms with Crippen LogP contribution >= 0.6 is 0 Å². The Kier molecular flexibility index (Phi) is 5.65. The summed E-state index contributed by atoms with van der Waals surface area (Å²) in [7, 11) is 0. The first-order valence-electron chi connectivity index (χ1n) is 8.45. The Morgan fingerprint density at radius 2 is 2.00 bits per heavy atom. The molecule has 5 heteroatoms. The van der Waals surface area contributed by atoms with Gasteiger partial charge in [-0.3, -0.25) is 9.80 Å². The highest BCUT2D eigenvalue weighted by molar-refractivity contribution is 5.81. The molecular formula is C19H27N3O2. The Balaban J connectivity index is 2.05. The Labute approximate surface area is 144 Å². The second-order valence-corrected chi connectivity index (χ2v) is 6.91. The minimum absolute atomic E-state index is 0.0234. The lowest BCUT2D eigenvalue weighted by Gasteiger charge is -2.30. The van der Waals surface area contributed by atoms with Crippen LogP contribution in [0.15, 0.2) is 30.8 Å². The molecule has 1 heterocycles. The number of carbonyl (C=O) groups is 2. The molecule has 5 nitrogen and oxygen atoms in total. The van der Waals surface area contributed by atoms with E-state index < -0.39 is 5.54 Å². The lowest BCUT2D eigenvalue weighted by molar-refractivity contribution is -0.132. The van der Waals surface area contributed by atoms with Crippen molar-refractivity contribution in [3.63, 3.8) is 0 Å². The average molecular weight is 329 g/mol. The number of amides is 3. The van der Waals surface area contributed by atoms with Crippen molar-refractivity contribution in [3.8, 4) is 0 Å². The molecule has 3 amide bonds. The minimum Gasteiger partial charge on any atom is -0.328 e. The summed E-state index contributed by atoms with van der Waals surface area (Å²) in [5.74, 6) is -0.0234. The zero-order valence-electron chi connectivity index (χ0n) is 14.8. The number of urea groups is 1. The summed E-state index contributed by atoms with van der Waals surface area (Å²) in [5, 5.41) is 4.39. The number of hydrogen-bond donors (Lipinski definition) is 2. The first-order valence-corrected chi connectivity index (χ1v) is 8.45. The molecule has 1 aliphatic rings. The predicted molar refractivity (Wildman–Crippen MR) is 96.0 cm³/mol. The van der Waals surface area contributed by atoms with E-state index in [9.17, 15) is 9.59 Å². The van der Waals surface area contributed by atoms with Crippen LogP contribution in [0.25, 0.3) is 5.57 Å². The Hall–Kier alpha value is -2.30. The van der Waals surface area contributed by atoms with Crippen molar-refractivity contribution in [1.82, 2.24) is 15.8 Å². The zero-order chi connectivity index (χ0) is 17.7. The maximum atomic E-state index is 12.3. The highest BCUT2D eigenvalue weighted by Crippen LogP contribution is 2.23. The summed E-state index contributed by atoms with van der Waals surface area (Å²) in [6, 6.07) is 7.59. The van der Waals surface area contributed by atoms with E-state index in [1.807, 2.05) is 45.0 Å². The van der Waals surface area contributed by atoms with Gasteiger partial charge in [-0.15, -0.1) is 0 Å². The first kappa shape index (κ1) is 18.0. The van der Waals surface area contributed by atoms with Crippen LogP contribution in [0.2, 0.25) is 0 Å². The van der Waals surface area contributed by atoms with Crippen molar-refractivity contribution >= 4 is 17.5 Å². The highest BCUT2D eigenvalue weighted by atomic mass is 16.2. The Morgan fingerprint density at radius 1 is 1.25 bits per heavy atom. The summed E-state index contributed by atoms with van der Waals surface area (Å²) < 4.78 is 0. The first-order chi connectivity index (χ1) is 11.3. The molecule has 0 bridgehead atoms. The molecule has 2 N–H and O–H groups in total. The van der Waals surface area contributed by atoms with Crippen molar-refractivity contribution < 1.29 is 9.59 Å². The molecule has 0 spiro atoms. The van der Waals surface area contributed by atoms with Gasteiger partial charge in [0.15, 0.2) is 0 Å². The molecule has 1 saturated heterocycles. The van der Waals surface area contributed by atoms with Gasteiger partial charge in [-0.2, -0.15) is 0 Å². The Bertz CT molecular complexity index is 637. The van der Waals surface area contributed by atoms with Gasteiger partial charge in [0.1, 0.15) is 0 Å². The van der Waals surface area contributed by atoms with Crippen molar-refractivity contribution in [2.24, 2.45) is 0 Å². The molecule has 1 aliphatic heterocycles. The molecule has 0 atom stereocenters. The van der Waals surface area contributed by atoms with Crippen LogP contribution in [0.4, 0.5) is 4.79 Å². The third-order valence-electron chi connectivity index (χ3n) is 4.31. The van der Waals surface area contributed by atoms with Gasteiger partial charge in [0.25, 0.3) is 0 Å². The van der Waals surface area contributed by atoms with Crippen molar-refractivity contribution in [2.75, 3.05) is 6.54 Å². The molecular weight excluding hydrogens is 302 g/mol. The van der Waals surface area contributed by atoms with E-state index in [-0.39, 0.29) is 11.9 Å². The van der Waals surface area contributed by atoms with E-state index in [0.29, 0.717) is 13.0 Å². The van der Waals surface area contributed by atoms with Crippen LogP contribution in [0.1, 0.15) is 57.6 Å². The molecule has 2 rings (SSSR count). The fourth-order valence-electron chi connectivity index (χ4n) is 2.78. The van der Waals surface area contributed by atoms with Crippen LogP contribution < -0.4 is 10.7 Å². The number of rotatable bonds is 4. The minimum atomic E-state index is -0.565. The van der Waals surface area contributed by atoms with Crippen molar-refractivity contribution in [1.29, 1.82) is 0 Å². The van der Waals surface area contributed by atoms with Gasteiger partial charge in [0, 0.05) is 13.0 Å². The third kappa shape index (κ3) is 4.60. The quantitative estimate of drug-likeness (QED) is 0.887. The number of hydrogen-bond acceptors (Lipinski definition) is 2. The highest BCUT2D eigenvalue weighted by Gasteiger charge is 2.25. The van der Waals surface area contributed by atoms with E-state index in [4.69, 9.17) is 0 Å². The van der Waals surface area contributed by atoms with Gasteiger partial charge in [0.05, 0.1) is 5.54 Å². The van der Waals surface area contributed by atoms with E-state index in [1.165, 1.54) is 5.01 Å². The maximum absolute atomic E-state index is 12.3. The molecule has 0 unspecified atom stereocenters. The number of hydrazine groups is 1. The normalized spacial score (nSPS) is 15.6. The molecule has 24 heavy (non-hydrogen) atoms. The van der Waals surface area contributed by atoms with Gasteiger partial charge < -0.3 is 5.32 Å². The number of allylic oxidation sites excluding steroid dienone is 1. The standard InChI is InChI=1S/C19H27N3O2/c1-14(2)15-9-8-10-16(13-15)19(3,4)20-18(24)21-22-12-7-5-6-11-17(22)23/h8-10,13H,1,5-7,11-12H2,2-4H3,(H2,20,21,24). The number of carbonyl (C=O) groups excluding carboxylic acids is 2. The van der Waals surface area contributed by atoms with Gasteiger partial charge in [0.2, 0.25) is 5.91 Å². The average Bonchev–Trinajstić information content (AvgIpc) is 2.72. The van der Waals surface area contributed by atoms with E-state index in [1.54, 1.807) is 0 Å². The molecule has 0 aromatic heterocycles. The van der Waals surface area contributed by atoms with Gasteiger partial charge in [-0.1, -0.05) is 36.8 Å². The zero-order valence-corrected chi connectivity index (χ0v) is 14.8. The van der Waals surface area contributed by atoms with E-state index in [0.717, 1.165) is 36.0 Å². The van der Waals surface area contributed by atoms with Crippen LogP contribution in [0.3, 0.4) is 0 Å².